The third-order valence-corrected chi connectivity index (χ3v) is 5.75. The highest BCUT2D eigenvalue weighted by molar-refractivity contribution is 6.35. The van der Waals surface area contributed by atoms with E-state index < -0.39 is 5.41 Å². The standard InChI is InChI=1S/C15H18Cl3NO/c1-4-15(8(2)13(15)18)14(20)19-9(3)11-6-5-10(16)7-12(11)17/h5-9,13H,4H2,1-3H3,(H,19,20). The second-order valence-corrected chi connectivity index (χ2v) is 6.76. The molecule has 0 aromatic heterocycles. The molecule has 0 heterocycles. The van der Waals surface area contributed by atoms with Crippen LogP contribution in [0.4, 0.5) is 0 Å². The van der Waals surface area contributed by atoms with Gasteiger partial charge in [0.2, 0.25) is 5.91 Å². The molecule has 110 valence electrons. The molecule has 5 heteroatoms. The van der Waals surface area contributed by atoms with Gasteiger partial charge in [0, 0.05) is 10.0 Å². The molecule has 20 heavy (non-hydrogen) atoms. The smallest absolute Gasteiger partial charge is 0.228 e. The van der Waals surface area contributed by atoms with E-state index in [0.717, 1.165) is 12.0 Å². The molecule has 0 aliphatic heterocycles. The molecule has 2 rings (SSSR count). The van der Waals surface area contributed by atoms with Crippen LogP contribution in [0.5, 0.6) is 0 Å². The summed E-state index contributed by atoms with van der Waals surface area (Å²) in [5.41, 5.74) is 0.421. The second kappa shape index (κ2) is 5.75. The number of carbonyl (C=O) groups is 1. The average molecular weight is 335 g/mol. The minimum Gasteiger partial charge on any atom is -0.349 e. The quantitative estimate of drug-likeness (QED) is 0.785. The topological polar surface area (TPSA) is 29.1 Å². The van der Waals surface area contributed by atoms with Crippen molar-refractivity contribution in [3.8, 4) is 0 Å². The van der Waals surface area contributed by atoms with Gasteiger partial charge < -0.3 is 5.32 Å². The number of benzene rings is 1. The highest BCUT2D eigenvalue weighted by atomic mass is 35.5. The van der Waals surface area contributed by atoms with E-state index in [0.29, 0.717) is 10.0 Å². The van der Waals surface area contributed by atoms with Crippen molar-refractivity contribution in [2.24, 2.45) is 11.3 Å². The van der Waals surface area contributed by atoms with Gasteiger partial charge in [-0.05, 0) is 37.0 Å². The molecular weight excluding hydrogens is 317 g/mol. The molecular formula is C15H18Cl3NO. The van der Waals surface area contributed by atoms with Crippen LogP contribution in [0.25, 0.3) is 0 Å². The molecule has 4 unspecified atom stereocenters. The number of hydrogen-bond donors (Lipinski definition) is 1. The molecule has 0 spiro atoms. The van der Waals surface area contributed by atoms with Crippen molar-refractivity contribution in [2.45, 2.75) is 38.6 Å². The van der Waals surface area contributed by atoms with Crippen LogP contribution in [0.15, 0.2) is 18.2 Å². The summed E-state index contributed by atoms with van der Waals surface area (Å²) >= 11 is 18.3. The molecule has 1 saturated carbocycles. The predicted octanol–water partition coefficient (Wildman–Crippen LogP) is 4.82. The number of halogens is 3. The summed E-state index contributed by atoms with van der Waals surface area (Å²) in [4.78, 5) is 12.5. The monoisotopic (exact) mass is 333 g/mol. The van der Waals surface area contributed by atoms with E-state index in [4.69, 9.17) is 34.8 Å². The number of rotatable bonds is 4. The van der Waals surface area contributed by atoms with Crippen LogP contribution in [0.3, 0.4) is 0 Å². The van der Waals surface area contributed by atoms with Crippen molar-refractivity contribution in [3.05, 3.63) is 33.8 Å². The molecule has 1 aromatic carbocycles. The Balaban J connectivity index is 2.12. The highest BCUT2D eigenvalue weighted by Crippen LogP contribution is 2.59. The van der Waals surface area contributed by atoms with Crippen LogP contribution < -0.4 is 5.32 Å². The summed E-state index contributed by atoms with van der Waals surface area (Å²) in [5, 5.41) is 4.08. The summed E-state index contributed by atoms with van der Waals surface area (Å²) < 4.78 is 0. The second-order valence-electron chi connectivity index (χ2n) is 5.45. The van der Waals surface area contributed by atoms with Gasteiger partial charge in [-0.25, -0.2) is 0 Å². The van der Waals surface area contributed by atoms with Crippen molar-refractivity contribution in [1.82, 2.24) is 5.32 Å². The molecule has 0 saturated heterocycles. The first-order valence-corrected chi connectivity index (χ1v) is 7.93. The molecule has 1 fully saturated rings. The maximum absolute atomic E-state index is 12.5. The van der Waals surface area contributed by atoms with E-state index in [2.05, 4.69) is 5.32 Å². The number of hydrogen-bond acceptors (Lipinski definition) is 1. The Morgan fingerprint density at radius 3 is 2.50 bits per heavy atom. The van der Waals surface area contributed by atoms with Crippen molar-refractivity contribution in [2.75, 3.05) is 0 Å². The maximum atomic E-state index is 12.5. The van der Waals surface area contributed by atoms with E-state index in [9.17, 15) is 4.79 Å². The average Bonchev–Trinajstić information content (AvgIpc) is 2.92. The lowest BCUT2D eigenvalue weighted by molar-refractivity contribution is -0.127. The number of nitrogens with one attached hydrogen (secondary N) is 1. The van der Waals surface area contributed by atoms with Gasteiger partial charge in [-0.15, -0.1) is 11.6 Å². The summed E-state index contributed by atoms with van der Waals surface area (Å²) in [6.07, 6.45) is 0.745. The largest absolute Gasteiger partial charge is 0.349 e. The Hall–Kier alpha value is -0.440. The van der Waals surface area contributed by atoms with Gasteiger partial charge in [0.25, 0.3) is 0 Å². The molecule has 1 aromatic rings. The Morgan fingerprint density at radius 2 is 2.05 bits per heavy atom. The molecule has 1 aliphatic rings. The zero-order valence-electron chi connectivity index (χ0n) is 11.7. The summed E-state index contributed by atoms with van der Waals surface area (Å²) in [5.74, 6) is 0.216. The van der Waals surface area contributed by atoms with Crippen LogP contribution >= 0.6 is 34.8 Å². The third-order valence-electron chi connectivity index (χ3n) is 4.42. The van der Waals surface area contributed by atoms with Crippen LogP contribution in [-0.4, -0.2) is 11.3 Å². The Morgan fingerprint density at radius 1 is 1.45 bits per heavy atom. The first-order valence-electron chi connectivity index (χ1n) is 6.74. The Kier molecular flexibility index (Phi) is 4.58. The number of alkyl halides is 1. The van der Waals surface area contributed by atoms with Gasteiger partial charge in [-0.3, -0.25) is 4.79 Å². The minimum atomic E-state index is -0.436. The van der Waals surface area contributed by atoms with Crippen molar-refractivity contribution in [1.29, 1.82) is 0 Å². The lowest BCUT2D eigenvalue weighted by Crippen LogP contribution is -2.35. The van der Waals surface area contributed by atoms with Gasteiger partial charge in [-0.1, -0.05) is 43.1 Å². The van der Waals surface area contributed by atoms with Crippen LogP contribution in [-0.2, 0) is 4.79 Å². The lowest BCUT2D eigenvalue weighted by Gasteiger charge is -2.20. The normalized spacial score (nSPS) is 29.9. The summed E-state index contributed by atoms with van der Waals surface area (Å²) in [6, 6.07) is 5.11. The zero-order valence-corrected chi connectivity index (χ0v) is 14.0. The fourth-order valence-electron chi connectivity index (χ4n) is 2.84. The fraction of sp³-hybridized carbons (Fsp3) is 0.533. The third kappa shape index (κ3) is 2.54. The lowest BCUT2D eigenvalue weighted by atomic mass is 9.98. The summed E-state index contributed by atoms with van der Waals surface area (Å²) in [6.45, 7) is 5.92. The van der Waals surface area contributed by atoms with E-state index in [1.807, 2.05) is 26.8 Å². The zero-order chi connectivity index (χ0) is 15.1. The molecule has 2 nitrogen and oxygen atoms in total. The fourth-order valence-corrected chi connectivity index (χ4v) is 4.02. The van der Waals surface area contributed by atoms with Gasteiger partial charge >= 0.3 is 0 Å². The molecule has 0 bridgehead atoms. The molecule has 1 aliphatic carbocycles. The van der Waals surface area contributed by atoms with E-state index in [-0.39, 0.29) is 23.2 Å². The first kappa shape index (κ1) is 15.9. The van der Waals surface area contributed by atoms with Crippen LogP contribution in [0.1, 0.15) is 38.8 Å². The molecule has 0 radical (unpaired) electrons. The SMILES string of the molecule is CCC1(C(=O)NC(C)c2ccc(Cl)cc2Cl)C(C)C1Cl. The van der Waals surface area contributed by atoms with Gasteiger partial charge in [0.15, 0.2) is 0 Å². The van der Waals surface area contributed by atoms with Gasteiger partial charge in [0.05, 0.1) is 16.8 Å². The predicted molar refractivity (Wildman–Crippen MR) is 84.5 cm³/mol. The van der Waals surface area contributed by atoms with Gasteiger partial charge in [-0.2, -0.15) is 0 Å². The number of carbonyl (C=O) groups excluding carboxylic acids is 1. The van der Waals surface area contributed by atoms with Gasteiger partial charge in [0.1, 0.15) is 0 Å². The maximum Gasteiger partial charge on any atom is 0.228 e. The Labute approximate surface area is 134 Å². The van der Waals surface area contributed by atoms with E-state index in [1.54, 1.807) is 12.1 Å². The van der Waals surface area contributed by atoms with Crippen molar-refractivity contribution >= 4 is 40.7 Å². The first-order chi connectivity index (χ1) is 9.34. The van der Waals surface area contributed by atoms with Crippen LogP contribution in [0.2, 0.25) is 10.0 Å². The molecule has 1 N–H and O–H groups in total. The van der Waals surface area contributed by atoms with Crippen molar-refractivity contribution < 1.29 is 4.79 Å². The summed E-state index contributed by atoms with van der Waals surface area (Å²) in [7, 11) is 0. The van der Waals surface area contributed by atoms with Crippen LogP contribution in [0, 0.1) is 11.3 Å². The minimum absolute atomic E-state index is 0.00557. The highest BCUT2D eigenvalue weighted by Gasteiger charge is 2.65. The van der Waals surface area contributed by atoms with E-state index >= 15 is 0 Å². The molecule has 1 amide bonds. The molecule has 4 atom stereocenters. The van der Waals surface area contributed by atoms with E-state index in [1.165, 1.54) is 0 Å². The Bertz CT molecular complexity index is 524. The van der Waals surface area contributed by atoms with Crippen molar-refractivity contribution in [3.63, 3.8) is 0 Å². The number of amides is 1.